The van der Waals surface area contributed by atoms with E-state index in [1.54, 1.807) is 12.1 Å². The van der Waals surface area contributed by atoms with Crippen molar-refractivity contribution in [3.63, 3.8) is 0 Å². The lowest BCUT2D eigenvalue weighted by molar-refractivity contribution is 0.0668. The summed E-state index contributed by atoms with van der Waals surface area (Å²) in [6.45, 7) is 6.73. The average molecular weight is 417 g/mol. The molecule has 29 heavy (non-hydrogen) atoms. The van der Waals surface area contributed by atoms with E-state index in [4.69, 9.17) is 23.2 Å². The van der Waals surface area contributed by atoms with Crippen LogP contribution in [0.25, 0.3) is 0 Å². The molecule has 2 aromatic rings. The summed E-state index contributed by atoms with van der Waals surface area (Å²) in [6.07, 6.45) is 2.63. The van der Waals surface area contributed by atoms with E-state index in [0.29, 0.717) is 6.54 Å². The molecule has 1 saturated heterocycles. The number of benzene rings is 2. The maximum absolute atomic E-state index is 9.98. The van der Waals surface area contributed by atoms with E-state index in [1.165, 1.54) is 11.1 Å². The Labute approximate surface area is 179 Å². The summed E-state index contributed by atoms with van der Waals surface area (Å²) in [5.41, 5.74) is 12.6. The first-order valence-corrected chi connectivity index (χ1v) is 10.8. The van der Waals surface area contributed by atoms with Crippen LogP contribution in [0.3, 0.4) is 0 Å². The first-order chi connectivity index (χ1) is 13.8. The summed E-state index contributed by atoms with van der Waals surface area (Å²) in [5, 5.41) is 12.3. The Kier molecular flexibility index (Phi) is 7.06. The van der Waals surface area contributed by atoms with Crippen molar-refractivity contribution in [2.75, 3.05) is 30.9 Å². The van der Waals surface area contributed by atoms with Gasteiger partial charge in [-0.05, 0) is 67.1 Å². The van der Waals surface area contributed by atoms with Gasteiger partial charge < -0.3 is 15.8 Å². The zero-order valence-electron chi connectivity index (χ0n) is 17.7. The maximum Gasteiger partial charge on any atom is 0.0746 e. The van der Waals surface area contributed by atoms with E-state index in [9.17, 15) is 5.11 Å². The molecule has 0 bridgehead atoms. The van der Waals surface area contributed by atoms with Crippen LogP contribution < -0.4 is 16.6 Å². The summed E-state index contributed by atoms with van der Waals surface area (Å²) in [4.78, 5) is 2.29. The molecule has 1 fully saturated rings. The monoisotopic (exact) mass is 416 g/mol. The minimum Gasteiger partial charge on any atom is -0.397 e. The molecule has 0 spiro atoms. The van der Waals surface area contributed by atoms with Crippen LogP contribution in [0.15, 0.2) is 30.3 Å². The minimum absolute atomic E-state index is 0.234. The van der Waals surface area contributed by atoms with Crippen LogP contribution in [0.1, 0.15) is 54.4 Å². The van der Waals surface area contributed by atoms with Gasteiger partial charge in [0.1, 0.15) is 0 Å². The van der Waals surface area contributed by atoms with Crippen LogP contribution in [0.4, 0.5) is 11.4 Å². The highest BCUT2D eigenvalue weighted by molar-refractivity contribution is 6.31. The molecule has 2 unspecified atom stereocenters. The van der Waals surface area contributed by atoms with Gasteiger partial charge in [0.05, 0.1) is 17.5 Å². The third-order valence-electron chi connectivity index (χ3n) is 6.04. The van der Waals surface area contributed by atoms with E-state index in [2.05, 4.69) is 36.9 Å². The van der Waals surface area contributed by atoms with Crippen LogP contribution in [-0.4, -0.2) is 36.2 Å². The Morgan fingerprint density at radius 1 is 1.31 bits per heavy atom. The van der Waals surface area contributed by atoms with Crippen molar-refractivity contribution >= 4 is 23.0 Å². The zero-order chi connectivity index (χ0) is 21.1. The molecule has 2 aromatic carbocycles. The van der Waals surface area contributed by atoms with Gasteiger partial charge in [-0.25, -0.2) is 5.84 Å². The number of nitrogens with zero attached hydrogens (tertiary/aromatic N) is 2. The smallest absolute Gasteiger partial charge is 0.0746 e. The van der Waals surface area contributed by atoms with Gasteiger partial charge >= 0.3 is 0 Å². The fourth-order valence-electron chi connectivity index (χ4n) is 4.40. The fraction of sp³-hybridized carbons (Fsp3) is 0.478. The normalized spacial score (nSPS) is 18.6. The second kappa shape index (κ2) is 9.35. The van der Waals surface area contributed by atoms with Crippen molar-refractivity contribution in [1.29, 1.82) is 0 Å². The van der Waals surface area contributed by atoms with Gasteiger partial charge in [0.15, 0.2) is 0 Å². The molecule has 1 heterocycles. The number of nitrogens with two attached hydrogens (primary N) is 2. The average Bonchev–Trinajstić information content (AvgIpc) is 2.68. The molecule has 0 saturated carbocycles. The molecule has 0 radical (unpaired) electrons. The number of rotatable bonds is 6. The summed E-state index contributed by atoms with van der Waals surface area (Å²) in [5.74, 6) is 6.14. The number of halogens is 1. The van der Waals surface area contributed by atoms with Crippen molar-refractivity contribution in [3.8, 4) is 0 Å². The topological polar surface area (TPSA) is 78.8 Å². The largest absolute Gasteiger partial charge is 0.397 e. The van der Waals surface area contributed by atoms with Gasteiger partial charge in [-0.3, -0.25) is 4.90 Å². The number of hydrogen-bond acceptors (Lipinski definition) is 5. The Morgan fingerprint density at radius 2 is 2.07 bits per heavy atom. The van der Waals surface area contributed by atoms with Gasteiger partial charge in [0.2, 0.25) is 0 Å². The molecule has 2 atom stereocenters. The van der Waals surface area contributed by atoms with Gasteiger partial charge in [-0.15, -0.1) is 0 Å². The highest BCUT2D eigenvalue weighted by atomic mass is 35.5. The quantitative estimate of drug-likeness (QED) is 0.376. The number of piperidine rings is 1. The van der Waals surface area contributed by atoms with E-state index in [0.717, 1.165) is 59.9 Å². The first-order valence-electron chi connectivity index (χ1n) is 10.4. The molecule has 158 valence electrons. The molecule has 6 heteroatoms. The number of aliphatic hydroxyl groups is 1. The lowest BCUT2D eigenvalue weighted by Crippen LogP contribution is -2.37. The lowest BCUT2D eigenvalue weighted by atomic mass is 9.85. The van der Waals surface area contributed by atoms with Gasteiger partial charge in [0.25, 0.3) is 0 Å². The third-order valence-corrected chi connectivity index (χ3v) is 6.41. The van der Waals surface area contributed by atoms with Crippen LogP contribution >= 0.6 is 11.6 Å². The summed E-state index contributed by atoms with van der Waals surface area (Å²) >= 11 is 6.53. The molecular formula is C23H33ClN4O. The van der Waals surface area contributed by atoms with Crippen LogP contribution in [-0.2, 0) is 6.54 Å². The number of aliphatic hydroxyl groups excluding tert-OH is 1. The number of hydrazine groups is 1. The molecule has 0 aliphatic carbocycles. The number of hydrogen-bond donors (Lipinski definition) is 3. The molecule has 3 rings (SSSR count). The van der Waals surface area contributed by atoms with Crippen LogP contribution in [0.5, 0.6) is 0 Å². The minimum atomic E-state index is -0.237. The predicted octanol–water partition coefficient (Wildman–Crippen LogP) is 4.04. The first kappa shape index (κ1) is 21.9. The lowest BCUT2D eigenvalue weighted by Gasteiger charge is -2.30. The Balaban J connectivity index is 1.91. The molecule has 0 aromatic heterocycles. The molecule has 1 aliphatic rings. The number of anilines is 2. The maximum atomic E-state index is 9.98. The van der Waals surface area contributed by atoms with Crippen molar-refractivity contribution in [2.24, 2.45) is 5.84 Å². The predicted molar refractivity (Wildman–Crippen MR) is 122 cm³/mol. The number of β-amino-alcohol motifs (C(OH)–C–C–N with tert-alkyl or cyclic N) is 1. The Bertz CT molecular complexity index is 855. The molecular weight excluding hydrogens is 384 g/mol. The van der Waals surface area contributed by atoms with Crippen molar-refractivity contribution < 1.29 is 5.11 Å². The molecule has 0 amide bonds. The van der Waals surface area contributed by atoms with E-state index in [1.807, 2.05) is 12.1 Å². The number of nitrogen functional groups attached to an aromatic ring is 1. The van der Waals surface area contributed by atoms with E-state index < -0.39 is 0 Å². The third kappa shape index (κ3) is 4.86. The number of likely N-dealkylation sites (tertiary alicyclic amines) is 1. The van der Waals surface area contributed by atoms with Crippen LogP contribution in [0, 0.1) is 6.92 Å². The Morgan fingerprint density at radius 3 is 2.72 bits per heavy atom. The second-order valence-electron chi connectivity index (χ2n) is 8.17. The summed E-state index contributed by atoms with van der Waals surface area (Å²) in [6, 6.07) is 10.5. The standard InChI is InChI=1S/C23H33ClN4O/c1-4-19(20-8-10-22(27(3)26)23(25)15(20)2)16-7-9-21(24)17(12-16)13-28-11-5-6-18(29)14-28/h7-10,12,18-19,29H,4-6,11,13-14,25-26H2,1-3H3. The van der Waals surface area contributed by atoms with Crippen LogP contribution in [0.2, 0.25) is 5.02 Å². The zero-order valence-corrected chi connectivity index (χ0v) is 18.4. The van der Waals surface area contributed by atoms with Gasteiger partial charge in [-0.2, -0.15) is 0 Å². The van der Waals surface area contributed by atoms with Gasteiger partial charge in [0, 0.05) is 31.1 Å². The summed E-state index contributed by atoms with van der Waals surface area (Å²) < 4.78 is 0. The molecule has 5 N–H and O–H groups in total. The fourth-order valence-corrected chi connectivity index (χ4v) is 4.58. The van der Waals surface area contributed by atoms with Crippen molar-refractivity contribution in [3.05, 3.63) is 57.6 Å². The van der Waals surface area contributed by atoms with Crippen molar-refractivity contribution in [1.82, 2.24) is 4.90 Å². The SMILES string of the molecule is CCC(c1ccc(Cl)c(CN2CCCC(O)C2)c1)c1ccc(N(C)N)c(N)c1C. The van der Waals surface area contributed by atoms with E-state index >= 15 is 0 Å². The summed E-state index contributed by atoms with van der Waals surface area (Å²) in [7, 11) is 1.80. The van der Waals surface area contributed by atoms with Gasteiger partial charge in [-0.1, -0.05) is 36.7 Å². The Hall–Kier alpha value is -1.79. The second-order valence-corrected chi connectivity index (χ2v) is 8.57. The van der Waals surface area contributed by atoms with E-state index in [-0.39, 0.29) is 12.0 Å². The highest BCUT2D eigenvalue weighted by Gasteiger charge is 2.21. The molecule has 5 nitrogen and oxygen atoms in total. The highest BCUT2D eigenvalue weighted by Crippen LogP contribution is 2.37. The molecule has 1 aliphatic heterocycles. The van der Waals surface area contributed by atoms with Crippen molar-refractivity contribution in [2.45, 2.75) is 51.7 Å².